The topological polar surface area (TPSA) is 25.2 Å². The van der Waals surface area contributed by atoms with Crippen molar-refractivity contribution in [3.8, 4) is 0 Å². The fourth-order valence-electron chi connectivity index (χ4n) is 1.84. The molecular formula is C11H17NOS. The third-order valence-electron chi connectivity index (χ3n) is 2.68. The summed E-state index contributed by atoms with van der Waals surface area (Å²) < 4.78 is 5.71. The van der Waals surface area contributed by atoms with Gasteiger partial charge in [-0.1, -0.05) is 0 Å². The molecule has 2 rings (SSSR count). The Morgan fingerprint density at radius 1 is 1.64 bits per heavy atom. The highest BCUT2D eigenvalue weighted by Crippen LogP contribution is 2.36. The number of hydrogen-bond donors (Lipinski definition) is 1. The summed E-state index contributed by atoms with van der Waals surface area (Å²) >= 11 is 2.09. The van der Waals surface area contributed by atoms with Crippen molar-refractivity contribution in [2.75, 3.05) is 12.3 Å². The van der Waals surface area contributed by atoms with Crippen LogP contribution in [0.4, 0.5) is 0 Å². The van der Waals surface area contributed by atoms with Gasteiger partial charge in [-0.2, -0.15) is 11.8 Å². The van der Waals surface area contributed by atoms with Gasteiger partial charge in [0.15, 0.2) is 0 Å². The van der Waals surface area contributed by atoms with Gasteiger partial charge in [0.2, 0.25) is 0 Å². The largest absolute Gasteiger partial charge is 0.468 e. The van der Waals surface area contributed by atoms with E-state index in [1.807, 2.05) is 12.1 Å². The molecule has 0 aliphatic carbocycles. The van der Waals surface area contributed by atoms with E-state index in [-0.39, 0.29) is 0 Å². The molecule has 0 aromatic carbocycles. The lowest BCUT2D eigenvalue weighted by atomic mass is 10.1. The highest BCUT2D eigenvalue weighted by molar-refractivity contribution is 8.00. The summed E-state index contributed by atoms with van der Waals surface area (Å²) in [6.45, 7) is 4.28. The molecule has 0 radical (unpaired) electrons. The van der Waals surface area contributed by atoms with Crippen LogP contribution in [0.3, 0.4) is 0 Å². The second-order valence-corrected chi connectivity index (χ2v) is 5.77. The average molecular weight is 211 g/mol. The number of rotatable bonds is 4. The number of thioether (sulfide) groups is 1. The number of furan rings is 1. The molecule has 0 bridgehead atoms. The zero-order valence-corrected chi connectivity index (χ0v) is 9.40. The van der Waals surface area contributed by atoms with Crippen molar-refractivity contribution in [3.63, 3.8) is 0 Å². The minimum atomic E-state index is 0.451. The molecule has 3 heteroatoms. The molecule has 1 fully saturated rings. The molecule has 0 amide bonds. The molecule has 1 atom stereocenters. The van der Waals surface area contributed by atoms with Crippen LogP contribution in [-0.4, -0.2) is 17.0 Å². The van der Waals surface area contributed by atoms with Crippen molar-refractivity contribution in [2.24, 2.45) is 0 Å². The molecule has 1 N–H and O–H groups in total. The first-order valence-electron chi connectivity index (χ1n) is 5.16. The van der Waals surface area contributed by atoms with Crippen LogP contribution in [0.25, 0.3) is 0 Å². The maximum absolute atomic E-state index is 5.26. The molecule has 1 unspecified atom stereocenters. The van der Waals surface area contributed by atoms with E-state index in [4.69, 9.17) is 4.42 Å². The molecule has 1 aromatic rings. The van der Waals surface area contributed by atoms with Crippen molar-refractivity contribution in [1.29, 1.82) is 0 Å². The lowest BCUT2D eigenvalue weighted by Gasteiger charge is -2.22. The van der Waals surface area contributed by atoms with E-state index < -0.39 is 0 Å². The second-order valence-electron chi connectivity index (χ2n) is 4.08. The van der Waals surface area contributed by atoms with Crippen LogP contribution in [0.1, 0.15) is 25.5 Å². The van der Waals surface area contributed by atoms with Crippen LogP contribution in [-0.2, 0) is 6.54 Å². The Bertz CT molecular complexity index is 265. The van der Waals surface area contributed by atoms with E-state index in [2.05, 4.69) is 24.0 Å². The van der Waals surface area contributed by atoms with Crippen LogP contribution < -0.4 is 5.32 Å². The van der Waals surface area contributed by atoms with Gasteiger partial charge in [-0.15, -0.1) is 0 Å². The van der Waals surface area contributed by atoms with Crippen LogP contribution in [0, 0.1) is 0 Å². The third kappa shape index (κ3) is 2.55. The van der Waals surface area contributed by atoms with E-state index in [1.54, 1.807) is 6.26 Å². The van der Waals surface area contributed by atoms with Crippen LogP contribution in [0.2, 0.25) is 0 Å². The van der Waals surface area contributed by atoms with Crippen molar-refractivity contribution >= 4 is 11.8 Å². The van der Waals surface area contributed by atoms with Gasteiger partial charge >= 0.3 is 0 Å². The quantitative estimate of drug-likeness (QED) is 0.829. The summed E-state index contributed by atoms with van der Waals surface area (Å²) in [7, 11) is 0. The lowest BCUT2D eigenvalue weighted by molar-refractivity contribution is 0.463. The zero-order valence-electron chi connectivity index (χ0n) is 8.58. The summed E-state index contributed by atoms with van der Waals surface area (Å²) in [6.07, 6.45) is 4.43. The van der Waals surface area contributed by atoms with Crippen molar-refractivity contribution in [1.82, 2.24) is 5.32 Å². The van der Waals surface area contributed by atoms with Crippen LogP contribution >= 0.6 is 11.8 Å². The van der Waals surface area contributed by atoms with Crippen LogP contribution in [0.5, 0.6) is 0 Å². The summed E-state index contributed by atoms with van der Waals surface area (Å²) in [5, 5.41) is 3.46. The summed E-state index contributed by atoms with van der Waals surface area (Å²) in [5.41, 5.74) is 0. The van der Waals surface area contributed by atoms with Crippen molar-refractivity contribution in [3.05, 3.63) is 24.2 Å². The van der Waals surface area contributed by atoms with Gasteiger partial charge in [-0.25, -0.2) is 0 Å². The predicted octanol–water partition coefficient (Wildman–Crippen LogP) is 2.65. The molecule has 1 aromatic heterocycles. The van der Waals surface area contributed by atoms with Gasteiger partial charge < -0.3 is 9.73 Å². The van der Waals surface area contributed by atoms with Gasteiger partial charge in [0.05, 0.1) is 12.8 Å². The molecule has 1 aliphatic rings. The number of hydrogen-bond acceptors (Lipinski definition) is 3. The molecule has 0 spiro atoms. The summed E-state index contributed by atoms with van der Waals surface area (Å²) in [5.74, 6) is 2.34. The molecule has 14 heavy (non-hydrogen) atoms. The maximum Gasteiger partial charge on any atom is 0.117 e. The molecule has 2 nitrogen and oxygen atoms in total. The highest BCUT2D eigenvalue weighted by Gasteiger charge is 2.28. The lowest BCUT2D eigenvalue weighted by Crippen LogP contribution is -2.32. The van der Waals surface area contributed by atoms with Gasteiger partial charge in [-0.05, 0) is 37.7 Å². The van der Waals surface area contributed by atoms with E-state index in [0.29, 0.717) is 4.75 Å². The Morgan fingerprint density at radius 2 is 2.57 bits per heavy atom. The maximum atomic E-state index is 5.26. The smallest absolute Gasteiger partial charge is 0.117 e. The summed E-state index contributed by atoms with van der Waals surface area (Å²) in [6, 6.07) is 3.94. The zero-order chi connectivity index (χ0) is 9.86. The third-order valence-corrected chi connectivity index (χ3v) is 4.22. The SMILES string of the molecule is CC1(CNCc2ccco2)CCCS1. The molecule has 78 valence electrons. The minimum Gasteiger partial charge on any atom is -0.468 e. The first-order chi connectivity index (χ1) is 6.79. The van der Waals surface area contributed by atoms with E-state index in [9.17, 15) is 0 Å². The minimum absolute atomic E-state index is 0.451. The second kappa shape index (κ2) is 4.41. The molecule has 2 heterocycles. The van der Waals surface area contributed by atoms with Gasteiger partial charge in [0.1, 0.15) is 5.76 Å². The first-order valence-corrected chi connectivity index (χ1v) is 6.14. The van der Waals surface area contributed by atoms with Crippen molar-refractivity contribution in [2.45, 2.75) is 31.1 Å². The van der Waals surface area contributed by atoms with Gasteiger partial charge in [0.25, 0.3) is 0 Å². The Labute approximate surface area is 89.4 Å². The van der Waals surface area contributed by atoms with Crippen LogP contribution in [0.15, 0.2) is 22.8 Å². The molecular weight excluding hydrogens is 194 g/mol. The molecule has 1 saturated heterocycles. The fraction of sp³-hybridized carbons (Fsp3) is 0.636. The Kier molecular flexibility index (Phi) is 3.19. The average Bonchev–Trinajstić information content (AvgIpc) is 2.77. The van der Waals surface area contributed by atoms with E-state index >= 15 is 0 Å². The van der Waals surface area contributed by atoms with Gasteiger partial charge in [0, 0.05) is 11.3 Å². The van der Waals surface area contributed by atoms with E-state index in [1.165, 1.54) is 18.6 Å². The van der Waals surface area contributed by atoms with E-state index in [0.717, 1.165) is 18.8 Å². The predicted molar refractivity (Wildman–Crippen MR) is 60.5 cm³/mol. The van der Waals surface area contributed by atoms with Gasteiger partial charge in [-0.3, -0.25) is 0 Å². The normalized spacial score (nSPS) is 26.9. The Balaban J connectivity index is 1.72. The Hall–Kier alpha value is -0.410. The highest BCUT2D eigenvalue weighted by atomic mass is 32.2. The molecule has 0 saturated carbocycles. The fourth-order valence-corrected chi connectivity index (χ4v) is 3.11. The first kappa shape index (κ1) is 10.1. The number of nitrogens with one attached hydrogen (secondary N) is 1. The standard InChI is InChI=1S/C11H17NOS/c1-11(5-3-7-14-11)9-12-8-10-4-2-6-13-10/h2,4,6,12H,3,5,7-9H2,1H3. The Morgan fingerprint density at radius 3 is 3.21 bits per heavy atom. The molecule has 1 aliphatic heterocycles. The summed E-state index contributed by atoms with van der Waals surface area (Å²) in [4.78, 5) is 0. The van der Waals surface area contributed by atoms with Crippen molar-refractivity contribution < 1.29 is 4.42 Å². The monoisotopic (exact) mass is 211 g/mol.